The Morgan fingerprint density at radius 1 is 0.946 bits per heavy atom. The maximum Gasteiger partial charge on any atom is 0.310 e. The molecular weight excluding hydrogens is 472 g/mol. The highest BCUT2D eigenvalue weighted by atomic mass is 16.6. The average molecular weight is 495 g/mol. The lowest BCUT2D eigenvalue weighted by Gasteiger charge is -2.05. The molecule has 37 heavy (non-hydrogen) atoms. The molecule has 1 amide bonds. The smallest absolute Gasteiger partial charge is 0.310 e. The van der Waals surface area contributed by atoms with E-state index < -0.39 is 10.8 Å². The van der Waals surface area contributed by atoms with Crippen LogP contribution in [0.25, 0.3) is 16.9 Å². The lowest BCUT2D eigenvalue weighted by atomic mass is 10.1. The monoisotopic (exact) mass is 494 g/mol. The fourth-order valence-electron chi connectivity index (χ4n) is 3.81. The average Bonchev–Trinajstić information content (AvgIpc) is 3.59. The van der Waals surface area contributed by atoms with Crippen molar-refractivity contribution in [3.05, 3.63) is 130 Å². The summed E-state index contributed by atoms with van der Waals surface area (Å²) in [6, 6.07) is 28.7. The first-order valence-electron chi connectivity index (χ1n) is 11.5. The van der Waals surface area contributed by atoms with Gasteiger partial charge in [0.15, 0.2) is 11.5 Å². The van der Waals surface area contributed by atoms with E-state index in [9.17, 15) is 14.9 Å². The van der Waals surface area contributed by atoms with Gasteiger partial charge < -0.3 is 14.5 Å². The van der Waals surface area contributed by atoms with Gasteiger partial charge in [-0.1, -0.05) is 60.7 Å². The van der Waals surface area contributed by atoms with Crippen molar-refractivity contribution in [3.63, 3.8) is 0 Å². The summed E-state index contributed by atoms with van der Waals surface area (Å²) in [7, 11) is 0. The van der Waals surface area contributed by atoms with Crippen LogP contribution in [0.4, 0.5) is 5.69 Å². The number of hydrogen-bond donors (Lipinski definition) is 1. The van der Waals surface area contributed by atoms with Crippen molar-refractivity contribution in [2.24, 2.45) is 0 Å². The van der Waals surface area contributed by atoms with Crippen LogP contribution in [0.2, 0.25) is 0 Å². The summed E-state index contributed by atoms with van der Waals surface area (Å²) in [5.41, 5.74) is 3.32. The molecule has 5 aromatic rings. The predicted octanol–water partition coefficient (Wildman–Crippen LogP) is 5.55. The Kier molecular flexibility index (Phi) is 6.76. The maximum atomic E-state index is 12.8. The summed E-state index contributed by atoms with van der Waals surface area (Å²) in [4.78, 5) is 23.5. The normalized spacial score (nSPS) is 10.7. The summed E-state index contributed by atoms with van der Waals surface area (Å²) >= 11 is 0. The van der Waals surface area contributed by atoms with Crippen molar-refractivity contribution in [2.75, 3.05) is 0 Å². The Morgan fingerprint density at radius 3 is 2.41 bits per heavy atom. The summed E-state index contributed by atoms with van der Waals surface area (Å²) in [5.74, 6) is 0.199. The van der Waals surface area contributed by atoms with Gasteiger partial charge >= 0.3 is 5.69 Å². The summed E-state index contributed by atoms with van der Waals surface area (Å²) < 4.78 is 12.9. The SMILES string of the molecule is O=C(NCc1cn(-c2ccccc2)nc1-c1ccccc1)c1ccc(COc2ccccc2[N+](=O)[O-])o1. The quantitative estimate of drug-likeness (QED) is 0.212. The standard InChI is InChI=1S/C28H22N4O5/c33-28(26-16-15-23(37-26)19-36-25-14-8-7-13-24(25)32(34)35)29-17-21-18-31(22-11-5-2-6-12-22)30-27(21)20-9-3-1-4-10-20/h1-16,18H,17,19H2,(H,29,33). The maximum absolute atomic E-state index is 12.8. The molecule has 0 spiro atoms. The molecule has 0 unspecified atom stereocenters. The van der Waals surface area contributed by atoms with Gasteiger partial charge in [-0.05, 0) is 30.3 Å². The molecule has 2 aromatic heterocycles. The van der Waals surface area contributed by atoms with Gasteiger partial charge in [-0.3, -0.25) is 14.9 Å². The third-order valence-corrected chi connectivity index (χ3v) is 5.61. The van der Waals surface area contributed by atoms with E-state index in [0.717, 1.165) is 22.5 Å². The Bertz CT molecular complexity index is 1530. The van der Waals surface area contributed by atoms with Crippen LogP contribution in [0.5, 0.6) is 5.75 Å². The predicted molar refractivity (Wildman–Crippen MR) is 136 cm³/mol. The van der Waals surface area contributed by atoms with Crippen LogP contribution < -0.4 is 10.1 Å². The molecule has 0 saturated heterocycles. The first-order valence-corrected chi connectivity index (χ1v) is 11.5. The van der Waals surface area contributed by atoms with Crippen LogP contribution in [0.1, 0.15) is 21.9 Å². The van der Waals surface area contributed by atoms with Gasteiger partial charge in [0.25, 0.3) is 5.91 Å². The molecule has 1 N–H and O–H groups in total. The van der Waals surface area contributed by atoms with Crippen molar-refractivity contribution in [2.45, 2.75) is 13.2 Å². The molecular formula is C28H22N4O5. The number of benzene rings is 3. The molecule has 0 aliphatic rings. The fraction of sp³-hybridized carbons (Fsp3) is 0.0714. The Balaban J connectivity index is 1.28. The van der Waals surface area contributed by atoms with E-state index in [2.05, 4.69) is 5.32 Å². The highest BCUT2D eigenvalue weighted by Crippen LogP contribution is 2.27. The number of nitro groups is 1. The van der Waals surface area contributed by atoms with E-state index in [1.807, 2.05) is 66.9 Å². The molecule has 5 rings (SSSR count). The molecule has 0 fully saturated rings. The van der Waals surface area contributed by atoms with Crippen LogP contribution in [0.15, 0.2) is 108 Å². The molecule has 0 atom stereocenters. The minimum atomic E-state index is -0.514. The summed E-state index contributed by atoms with van der Waals surface area (Å²) in [5, 5.41) is 18.8. The third kappa shape index (κ3) is 5.40. The zero-order valence-corrected chi connectivity index (χ0v) is 19.6. The first kappa shape index (κ1) is 23.6. The Morgan fingerprint density at radius 2 is 1.65 bits per heavy atom. The molecule has 9 heteroatoms. The number of aromatic nitrogens is 2. The Labute approximate surface area is 212 Å². The number of para-hydroxylation sites is 3. The number of hydrogen-bond acceptors (Lipinski definition) is 6. The Hall–Kier alpha value is -5.18. The molecule has 3 aromatic carbocycles. The number of furan rings is 1. The van der Waals surface area contributed by atoms with Gasteiger partial charge in [0.2, 0.25) is 0 Å². The zero-order chi connectivity index (χ0) is 25.6. The lowest BCUT2D eigenvalue weighted by molar-refractivity contribution is -0.386. The van der Waals surface area contributed by atoms with E-state index in [0.29, 0.717) is 5.76 Å². The van der Waals surface area contributed by atoms with Gasteiger partial charge in [-0.2, -0.15) is 5.10 Å². The minimum Gasteiger partial charge on any atom is -0.479 e. The number of nitro benzene ring substituents is 1. The fourth-order valence-corrected chi connectivity index (χ4v) is 3.81. The number of ether oxygens (including phenoxy) is 1. The number of nitrogens with one attached hydrogen (secondary N) is 1. The molecule has 0 bridgehead atoms. The van der Waals surface area contributed by atoms with Crippen LogP contribution in [0, 0.1) is 10.1 Å². The lowest BCUT2D eigenvalue weighted by Crippen LogP contribution is -2.22. The van der Waals surface area contributed by atoms with Crippen molar-refractivity contribution >= 4 is 11.6 Å². The van der Waals surface area contributed by atoms with Crippen LogP contribution in [-0.4, -0.2) is 20.6 Å². The zero-order valence-electron chi connectivity index (χ0n) is 19.6. The van der Waals surface area contributed by atoms with Gasteiger partial charge in [0.1, 0.15) is 12.4 Å². The molecule has 2 heterocycles. The number of amides is 1. The number of rotatable bonds is 9. The van der Waals surface area contributed by atoms with Crippen LogP contribution >= 0.6 is 0 Å². The highest BCUT2D eigenvalue weighted by molar-refractivity contribution is 5.91. The molecule has 184 valence electrons. The molecule has 0 saturated carbocycles. The van der Waals surface area contributed by atoms with Gasteiger partial charge in [0, 0.05) is 29.9 Å². The largest absolute Gasteiger partial charge is 0.479 e. The van der Waals surface area contributed by atoms with Crippen molar-refractivity contribution in [1.29, 1.82) is 0 Å². The highest BCUT2D eigenvalue weighted by Gasteiger charge is 2.17. The van der Waals surface area contributed by atoms with Gasteiger partial charge in [-0.15, -0.1) is 0 Å². The second kappa shape index (κ2) is 10.6. The van der Waals surface area contributed by atoms with Crippen molar-refractivity contribution < 1.29 is 18.9 Å². The second-order valence-corrected chi connectivity index (χ2v) is 8.11. The third-order valence-electron chi connectivity index (χ3n) is 5.61. The van der Waals surface area contributed by atoms with Crippen molar-refractivity contribution in [1.82, 2.24) is 15.1 Å². The van der Waals surface area contributed by atoms with E-state index in [4.69, 9.17) is 14.3 Å². The van der Waals surface area contributed by atoms with E-state index in [-0.39, 0.29) is 30.3 Å². The number of carbonyl (C=O) groups excluding carboxylic acids is 1. The number of nitrogens with zero attached hydrogens (tertiary/aromatic N) is 3. The van der Waals surface area contributed by atoms with E-state index in [1.54, 1.807) is 28.9 Å². The molecule has 0 radical (unpaired) electrons. The number of carbonyl (C=O) groups is 1. The molecule has 9 nitrogen and oxygen atoms in total. The van der Waals surface area contributed by atoms with E-state index >= 15 is 0 Å². The molecule has 0 aliphatic carbocycles. The van der Waals surface area contributed by atoms with Crippen LogP contribution in [0.3, 0.4) is 0 Å². The van der Waals surface area contributed by atoms with E-state index in [1.165, 1.54) is 12.1 Å². The summed E-state index contributed by atoms with van der Waals surface area (Å²) in [6.45, 7) is 0.179. The summed E-state index contributed by atoms with van der Waals surface area (Å²) in [6.07, 6.45) is 1.89. The first-order chi connectivity index (χ1) is 18.1. The van der Waals surface area contributed by atoms with Crippen LogP contribution in [-0.2, 0) is 13.2 Å². The van der Waals surface area contributed by atoms with Gasteiger partial charge in [-0.25, -0.2) is 4.68 Å². The minimum absolute atomic E-state index is 0.0554. The second-order valence-electron chi connectivity index (χ2n) is 8.11. The molecule has 0 aliphatic heterocycles. The van der Waals surface area contributed by atoms with Crippen molar-refractivity contribution in [3.8, 4) is 22.7 Å². The topological polar surface area (TPSA) is 112 Å². The van der Waals surface area contributed by atoms with Gasteiger partial charge in [0.05, 0.1) is 16.3 Å².